The molecule has 4 heteroatoms. The molecule has 0 aliphatic carbocycles. The molecule has 70 valence electrons. The lowest BCUT2D eigenvalue weighted by molar-refractivity contribution is -0.109. The van der Waals surface area contributed by atoms with Crippen molar-refractivity contribution in [2.24, 2.45) is 0 Å². The van der Waals surface area contributed by atoms with Gasteiger partial charge in [0.1, 0.15) is 0 Å². The largest absolute Gasteiger partial charge is 0.399 e. The van der Waals surface area contributed by atoms with Crippen LogP contribution < -0.4 is 10.7 Å². The van der Waals surface area contributed by atoms with Crippen LogP contribution >= 0.6 is 0 Å². The second-order valence-electron chi connectivity index (χ2n) is 2.89. The van der Waals surface area contributed by atoms with E-state index < -0.39 is 0 Å². The molecule has 2 N–H and O–H groups in total. The maximum Gasteiger partial charge on any atom is 0.228 e. The van der Waals surface area contributed by atoms with Gasteiger partial charge in [0.2, 0.25) is 6.41 Å². The van der Waals surface area contributed by atoms with E-state index in [0.717, 1.165) is 12.1 Å². The van der Waals surface area contributed by atoms with Crippen LogP contribution in [0, 0.1) is 0 Å². The van der Waals surface area contributed by atoms with Gasteiger partial charge in [0.25, 0.3) is 0 Å². The molecule has 0 unspecified atom stereocenters. The number of nitrogens with zero attached hydrogens (tertiary/aromatic N) is 2. The quantitative estimate of drug-likeness (QED) is 0.422. The van der Waals surface area contributed by atoms with E-state index in [2.05, 4.69) is 0 Å². The van der Waals surface area contributed by atoms with Crippen molar-refractivity contribution in [2.75, 3.05) is 24.8 Å². The molecule has 0 heterocycles. The lowest BCUT2D eigenvalue weighted by Gasteiger charge is -2.24. The lowest BCUT2D eigenvalue weighted by Crippen LogP contribution is -2.35. The highest BCUT2D eigenvalue weighted by molar-refractivity contribution is 5.74. The summed E-state index contributed by atoms with van der Waals surface area (Å²) in [4.78, 5) is 10.7. The molecular formula is C9H13N3O. The predicted octanol–water partition coefficient (Wildman–Crippen LogP) is 0.708. The summed E-state index contributed by atoms with van der Waals surface area (Å²) < 4.78 is 0. The molecule has 0 radical (unpaired) electrons. The van der Waals surface area contributed by atoms with Crippen molar-refractivity contribution in [3.8, 4) is 0 Å². The fourth-order valence-corrected chi connectivity index (χ4v) is 1.01. The Labute approximate surface area is 77.5 Å². The Bertz CT molecular complexity index is 281. The van der Waals surface area contributed by atoms with Crippen LogP contribution in [0.1, 0.15) is 0 Å². The van der Waals surface area contributed by atoms with Crippen LogP contribution in [0.5, 0.6) is 0 Å². The van der Waals surface area contributed by atoms with E-state index in [1.165, 1.54) is 5.01 Å². The summed E-state index contributed by atoms with van der Waals surface area (Å²) in [5.41, 5.74) is 7.01. The Kier molecular flexibility index (Phi) is 2.87. The number of rotatable bonds is 3. The van der Waals surface area contributed by atoms with Crippen LogP contribution in [0.15, 0.2) is 24.3 Å². The number of hydrogen-bond acceptors (Lipinski definition) is 3. The highest BCUT2D eigenvalue weighted by Crippen LogP contribution is 2.15. The van der Waals surface area contributed by atoms with E-state index in [1.54, 1.807) is 43.4 Å². The van der Waals surface area contributed by atoms with E-state index in [1.807, 2.05) is 0 Å². The van der Waals surface area contributed by atoms with Gasteiger partial charge in [0.15, 0.2) is 0 Å². The number of hydrogen-bond donors (Lipinski definition) is 1. The van der Waals surface area contributed by atoms with Crippen LogP contribution in [0.2, 0.25) is 0 Å². The molecular weight excluding hydrogens is 166 g/mol. The molecule has 0 saturated carbocycles. The molecule has 1 amide bonds. The first-order chi connectivity index (χ1) is 6.15. The average molecular weight is 179 g/mol. The first kappa shape index (κ1) is 9.54. The normalized spacial score (nSPS) is 10.1. The Morgan fingerprint density at radius 2 is 1.77 bits per heavy atom. The smallest absolute Gasteiger partial charge is 0.228 e. The van der Waals surface area contributed by atoms with Gasteiger partial charge in [-0.25, -0.2) is 10.0 Å². The van der Waals surface area contributed by atoms with E-state index in [-0.39, 0.29) is 0 Å². The van der Waals surface area contributed by atoms with Gasteiger partial charge >= 0.3 is 0 Å². The standard InChI is InChI=1S/C9H13N3O/c1-11(2)12(7-13)9-5-3-8(10)4-6-9/h3-7H,10H2,1-2H3. The molecule has 0 bridgehead atoms. The third kappa shape index (κ3) is 2.19. The molecule has 0 spiro atoms. The minimum Gasteiger partial charge on any atom is -0.399 e. The number of benzene rings is 1. The SMILES string of the molecule is CN(C)N(C=O)c1ccc(N)cc1. The number of hydrazine groups is 1. The fourth-order valence-electron chi connectivity index (χ4n) is 1.01. The fraction of sp³-hybridized carbons (Fsp3) is 0.222. The summed E-state index contributed by atoms with van der Waals surface area (Å²) in [5.74, 6) is 0. The van der Waals surface area contributed by atoms with Gasteiger partial charge < -0.3 is 5.73 Å². The van der Waals surface area contributed by atoms with Crippen molar-refractivity contribution in [3.05, 3.63) is 24.3 Å². The minimum atomic E-state index is 0.688. The topological polar surface area (TPSA) is 49.6 Å². The maximum atomic E-state index is 10.7. The molecule has 1 rings (SSSR count). The monoisotopic (exact) mass is 179 g/mol. The van der Waals surface area contributed by atoms with E-state index >= 15 is 0 Å². The van der Waals surface area contributed by atoms with Gasteiger partial charge in [-0.3, -0.25) is 4.79 Å². The third-order valence-corrected chi connectivity index (χ3v) is 1.69. The van der Waals surface area contributed by atoms with Crippen LogP contribution in [-0.2, 0) is 4.79 Å². The predicted molar refractivity (Wildman–Crippen MR) is 53.1 cm³/mol. The van der Waals surface area contributed by atoms with E-state index in [4.69, 9.17) is 5.73 Å². The van der Waals surface area contributed by atoms with Gasteiger partial charge in [-0.2, -0.15) is 0 Å². The number of nitrogens with two attached hydrogens (primary N) is 1. The summed E-state index contributed by atoms with van der Waals surface area (Å²) >= 11 is 0. The number of carbonyl (C=O) groups excluding carboxylic acids is 1. The van der Waals surface area contributed by atoms with Crippen LogP contribution in [0.25, 0.3) is 0 Å². The molecule has 0 atom stereocenters. The highest BCUT2D eigenvalue weighted by Gasteiger charge is 2.05. The van der Waals surface area contributed by atoms with Crippen LogP contribution in [-0.4, -0.2) is 25.5 Å². The van der Waals surface area contributed by atoms with E-state index in [0.29, 0.717) is 5.69 Å². The zero-order chi connectivity index (χ0) is 9.84. The Hall–Kier alpha value is -1.55. The summed E-state index contributed by atoms with van der Waals surface area (Å²) in [6, 6.07) is 7.11. The maximum absolute atomic E-state index is 10.7. The minimum absolute atomic E-state index is 0.688. The molecule has 1 aromatic carbocycles. The molecule has 0 aliphatic rings. The summed E-state index contributed by atoms with van der Waals surface area (Å²) in [5, 5.41) is 3.18. The van der Waals surface area contributed by atoms with Gasteiger partial charge in [-0.05, 0) is 24.3 Å². The molecule has 13 heavy (non-hydrogen) atoms. The Balaban J connectivity index is 2.92. The van der Waals surface area contributed by atoms with E-state index in [9.17, 15) is 4.79 Å². The molecule has 0 fully saturated rings. The number of amides is 1. The number of nitrogen functional groups attached to an aromatic ring is 1. The summed E-state index contributed by atoms with van der Waals surface area (Å²) in [6.45, 7) is 0. The van der Waals surface area contributed by atoms with Crippen molar-refractivity contribution >= 4 is 17.8 Å². The summed E-state index contributed by atoms with van der Waals surface area (Å²) in [6.07, 6.45) is 0.755. The Morgan fingerprint density at radius 3 is 2.15 bits per heavy atom. The van der Waals surface area contributed by atoms with Crippen molar-refractivity contribution in [3.63, 3.8) is 0 Å². The summed E-state index contributed by atoms with van der Waals surface area (Å²) in [7, 11) is 3.59. The molecule has 0 aromatic heterocycles. The van der Waals surface area contributed by atoms with Gasteiger partial charge in [0, 0.05) is 19.8 Å². The zero-order valence-corrected chi connectivity index (χ0v) is 7.77. The van der Waals surface area contributed by atoms with Gasteiger partial charge in [-0.15, -0.1) is 0 Å². The molecule has 0 aliphatic heterocycles. The molecule has 1 aromatic rings. The first-order valence-electron chi connectivity index (χ1n) is 3.92. The number of anilines is 2. The zero-order valence-electron chi connectivity index (χ0n) is 7.77. The average Bonchev–Trinajstić information content (AvgIpc) is 2.09. The Morgan fingerprint density at radius 1 is 1.23 bits per heavy atom. The lowest BCUT2D eigenvalue weighted by atomic mass is 10.3. The second-order valence-corrected chi connectivity index (χ2v) is 2.89. The van der Waals surface area contributed by atoms with Gasteiger partial charge in [-0.1, -0.05) is 0 Å². The van der Waals surface area contributed by atoms with Crippen molar-refractivity contribution in [2.45, 2.75) is 0 Å². The molecule has 0 saturated heterocycles. The molecule has 4 nitrogen and oxygen atoms in total. The van der Waals surface area contributed by atoms with Gasteiger partial charge in [0.05, 0.1) is 5.69 Å². The number of carbonyl (C=O) groups is 1. The third-order valence-electron chi connectivity index (χ3n) is 1.69. The second kappa shape index (κ2) is 3.91. The van der Waals surface area contributed by atoms with Crippen LogP contribution in [0.3, 0.4) is 0 Å². The highest BCUT2D eigenvalue weighted by atomic mass is 16.1. The van der Waals surface area contributed by atoms with Crippen molar-refractivity contribution < 1.29 is 4.79 Å². The first-order valence-corrected chi connectivity index (χ1v) is 3.92. The van der Waals surface area contributed by atoms with Crippen molar-refractivity contribution in [1.82, 2.24) is 5.01 Å². The van der Waals surface area contributed by atoms with Crippen molar-refractivity contribution in [1.29, 1.82) is 0 Å². The van der Waals surface area contributed by atoms with Crippen LogP contribution in [0.4, 0.5) is 11.4 Å².